The molecule has 0 aliphatic carbocycles. The van der Waals surface area contributed by atoms with E-state index in [0.29, 0.717) is 5.69 Å². The molecule has 0 unspecified atom stereocenters. The van der Waals surface area contributed by atoms with Gasteiger partial charge in [-0.05, 0) is 36.8 Å². The number of nitrogens with one attached hydrogen (secondary N) is 2. The number of hydrogen-bond donors (Lipinski definition) is 2. The number of carbonyl (C=O) groups excluding carboxylic acids is 2. The SMILES string of the molecule is Cc1onc(-c2c(F)cccc2Cl)c1C(=O)NCc1cccc(NC(=O)C(C)C)c1. The molecule has 0 saturated carbocycles. The number of hydrogen-bond acceptors (Lipinski definition) is 4. The molecule has 30 heavy (non-hydrogen) atoms. The third-order valence-electron chi connectivity index (χ3n) is 4.46. The van der Waals surface area contributed by atoms with Crippen molar-refractivity contribution in [2.75, 3.05) is 5.32 Å². The van der Waals surface area contributed by atoms with Gasteiger partial charge in [0.25, 0.3) is 5.91 Å². The first-order chi connectivity index (χ1) is 14.3. The Morgan fingerprint density at radius 2 is 1.93 bits per heavy atom. The van der Waals surface area contributed by atoms with Crippen LogP contribution in [0.25, 0.3) is 11.3 Å². The highest BCUT2D eigenvalue weighted by Crippen LogP contribution is 2.33. The van der Waals surface area contributed by atoms with E-state index < -0.39 is 11.7 Å². The summed E-state index contributed by atoms with van der Waals surface area (Å²) in [6.45, 7) is 5.38. The minimum atomic E-state index is -0.599. The van der Waals surface area contributed by atoms with Crippen LogP contribution in [0.4, 0.5) is 10.1 Å². The van der Waals surface area contributed by atoms with Crippen molar-refractivity contribution in [2.45, 2.75) is 27.3 Å². The Labute approximate surface area is 178 Å². The molecule has 156 valence electrons. The van der Waals surface area contributed by atoms with Crippen LogP contribution in [0.15, 0.2) is 47.0 Å². The van der Waals surface area contributed by atoms with Gasteiger partial charge in [0.15, 0.2) is 0 Å². The van der Waals surface area contributed by atoms with Crippen LogP contribution in [0, 0.1) is 18.7 Å². The summed E-state index contributed by atoms with van der Waals surface area (Å²) in [5.41, 5.74) is 1.60. The zero-order valence-electron chi connectivity index (χ0n) is 16.8. The molecule has 3 rings (SSSR count). The second kappa shape index (κ2) is 9.09. The van der Waals surface area contributed by atoms with Crippen LogP contribution in [0.2, 0.25) is 5.02 Å². The van der Waals surface area contributed by atoms with Crippen molar-refractivity contribution in [3.05, 3.63) is 70.2 Å². The van der Waals surface area contributed by atoms with Gasteiger partial charge in [-0.1, -0.05) is 48.8 Å². The molecular formula is C22H21ClFN3O3. The van der Waals surface area contributed by atoms with E-state index in [1.54, 1.807) is 39.0 Å². The minimum Gasteiger partial charge on any atom is -0.360 e. The first-order valence-electron chi connectivity index (χ1n) is 9.36. The lowest BCUT2D eigenvalue weighted by atomic mass is 10.0. The summed E-state index contributed by atoms with van der Waals surface area (Å²) in [5.74, 6) is -1.06. The number of aromatic nitrogens is 1. The molecule has 0 bridgehead atoms. The molecule has 0 fully saturated rings. The first kappa shape index (κ1) is 21.5. The summed E-state index contributed by atoms with van der Waals surface area (Å²) in [5, 5.41) is 9.56. The van der Waals surface area contributed by atoms with E-state index in [2.05, 4.69) is 15.8 Å². The van der Waals surface area contributed by atoms with Gasteiger partial charge in [0, 0.05) is 18.2 Å². The quantitative estimate of drug-likeness (QED) is 0.579. The standard InChI is InChI=1S/C22H21ClFN3O3/c1-12(2)21(28)26-15-7-4-6-14(10-15)11-25-22(29)18-13(3)30-27-20(18)19-16(23)8-5-9-17(19)24/h4-10,12H,11H2,1-3H3,(H,25,29)(H,26,28). The van der Waals surface area contributed by atoms with E-state index in [1.165, 1.54) is 18.2 Å². The second-order valence-electron chi connectivity index (χ2n) is 7.09. The van der Waals surface area contributed by atoms with Crippen LogP contribution in [0.3, 0.4) is 0 Å². The van der Waals surface area contributed by atoms with Crippen molar-refractivity contribution in [1.29, 1.82) is 0 Å². The third-order valence-corrected chi connectivity index (χ3v) is 4.78. The molecule has 0 aliphatic heterocycles. The molecule has 0 aliphatic rings. The summed E-state index contributed by atoms with van der Waals surface area (Å²) in [6.07, 6.45) is 0. The topological polar surface area (TPSA) is 84.2 Å². The molecule has 2 amide bonds. The Hall–Kier alpha value is -3.19. The largest absolute Gasteiger partial charge is 0.360 e. The third kappa shape index (κ3) is 4.68. The van der Waals surface area contributed by atoms with E-state index in [9.17, 15) is 14.0 Å². The predicted molar refractivity (Wildman–Crippen MR) is 113 cm³/mol. The van der Waals surface area contributed by atoms with Gasteiger partial charge in [-0.3, -0.25) is 9.59 Å². The number of halogens is 2. The molecule has 6 nitrogen and oxygen atoms in total. The Balaban J connectivity index is 1.79. The summed E-state index contributed by atoms with van der Waals surface area (Å²) in [4.78, 5) is 24.7. The van der Waals surface area contributed by atoms with Gasteiger partial charge in [-0.2, -0.15) is 0 Å². The van der Waals surface area contributed by atoms with E-state index in [4.69, 9.17) is 16.1 Å². The fourth-order valence-corrected chi connectivity index (χ4v) is 3.10. The fourth-order valence-electron chi connectivity index (χ4n) is 2.85. The number of benzene rings is 2. The lowest BCUT2D eigenvalue weighted by Gasteiger charge is -2.10. The Morgan fingerprint density at radius 3 is 2.63 bits per heavy atom. The molecule has 2 N–H and O–H groups in total. The maximum atomic E-state index is 14.3. The van der Waals surface area contributed by atoms with Gasteiger partial charge in [-0.25, -0.2) is 4.39 Å². The van der Waals surface area contributed by atoms with E-state index >= 15 is 0 Å². The average Bonchev–Trinajstić information content (AvgIpc) is 3.07. The zero-order chi connectivity index (χ0) is 21.8. The Morgan fingerprint density at radius 1 is 1.20 bits per heavy atom. The molecule has 2 aromatic carbocycles. The van der Waals surface area contributed by atoms with Gasteiger partial charge in [0.05, 0.1) is 10.6 Å². The van der Waals surface area contributed by atoms with Crippen LogP contribution in [-0.4, -0.2) is 17.0 Å². The number of nitrogens with zero attached hydrogens (tertiary/aromatic N) is 1. The van der Waals surface area contributed by atoms with Crippen LogP contribution in [0.1, 0.15) is 35.5 Å². The average molecular weight is 430 g/mol. The predicted octanol–water partition coefficient (Wildman–Crippen LogP) is 4.97. The maximum absolute atomic E-state index is 14.3. The van der Waals surface area contributed by atoms with Crippen molar-refractivity contribution in [3.63, 3.8) is 0 Å². The first-order valence-corrected chi connectivity index (χ1v) is 9.74. The van der Waals surface area contributed by atoms with Crippen molar-refractivity contribution in [3.8, 4) is 11.3 Å². The van der Waals surface area contributed by atoms with Crippen molar-refractivity contribution < 1.29 is 18.5 Å². The van der Waals surface area contributed by atoms with Gasteiger partial charge in [0.2, 0.25) is 5.91 Å². The normalized spacial score (nSPS) is 10.9. The van der Waals surface area contributed by atoms with Crippen molar-refractivity contribution in [2.24, 2.45) is 5.92 Å². The molecule has 3 aromatic rings. The van der Waals surface area contributed by atoms with Gasteiger partial charge in [0.1, 0.15) is 22.8 Å². The smallest absolute Gasteiger partial charge is 0.257 e. The number of amides is 2. The van der Waals surface area contributed by atoms with E-state index in [-0.39, 0.29) is 46.0 Å². The van der Waals surface area contributed by atoms with Gasteiger partial charge < -0.3 is 15.2 Å². The number of carbonyl (C=O) groups is 2. The van der Waals surface area contributed by atoms with E-state index in [0.717, 1.165) is 5.56 Å². The van der Waals surface area contributed by atoms with E-state index in [1.807, 2.05) is 6.07 Å². The summed E-state index contributed by atoms with van der Waals surface area (Å²) in [6, 6.07) is 11.4. The number of rotatable bonds is 6. The van der Waals surface area contributed by atoms with Crippen molar-refractivity contribution in [1.82, 2.24) is 10.5 Å². The summed E-state index contributed by atoms with van der Waals surface area (Å²) < 4.78 is 19.4. The molecule has 8 heteroatoms. The summed E-state index contributed by atoms with van der Waals surface area (Å²) in [7, 11) is 0. The molecular weight excluding hydrogens is 409 g/mol. The Kier molecular flexibility index (Phi) is 6.52. The highest BCUT2D eigenvalue weighted by molar-refractivity contribution is 6.33. The molecule has 0 spiro atoms. The molecule has 1 aromatic heterocycles. The van der Waals surface area contributed by atoms with Crippen LogP contribution in [-0.2, 0) is 11.3 Å². The van der Waals surface area contributed by atoms with Gasteiger partial charge in [-0.15, -0.1) is 0 Å². The Bertz CT molecular complexity index is 1070. The second-order valence-corrected chi connectivity index (χ2v) is 7.49. The van der Waals surface area contributed by atoms with Crippen LogP contribution < -0.4 is 10.6 Å². The highest BCUT2D eigenvalue weighted by Gasteiger charge is 2.25. The fraction of sp³-hybridized carbons (Fsp3) is 0.227. The maximum Gasteiger partial charge on any atom is 0.257 e. The van der Waals surface area contributed by atoms with Gasteiger partial charge >= 0.3 is 0 Å². The lowest BCUT2D eigenvalue weighted by Crippen LogP contribution is -2.24. The minimum absolute atomic E-state index is 0.0135. The van der Waals surface area contributed by atoms with Crippen LogP contribution in [0.5, 0.6) is 0 Å². The van der Waals surface area contributed by atoms with Crippen LogP contribution >= 0.6 is 11.6 Å². The lowest BCUT2D eigenvalue weighted by molar-refractivity contribution is -0.118. The number of anilines is 1. The summed E-state index contributed by atoms with van der Waals surface area (Å²) >= 11 is 6.12. The zero-order valence-corrected chi connectivity index (χ0v) is 17.5. The molecule has 0 atom stereocenters. The molecule has 1 heterocycles. The monoisotopic (exact) mass is 429 g/mol. The highest BCUT2D eigenvalue weighted by atomic mass is 35.5. The number of aryl methyl sites for hydroxylation is 1. The molecule has 0 radical (unpaired) electrons. The van der Waals surface area contributed by atoms with Crippen molar-refractivity contribution >= 4 is 29.1 Å². The molecule has 0 saturated heterocycles.